The van der Waals surface area contributed by atoms with Crippen molar-refractivity contribution in [2.45, 2.75) is 0 Å². The molecule has 1 aromatic carbocycles. The van der Waals surface area contributed by atoms with Crippen LogP contribution in [-0.4, -0.2) is 5.16 Å². The van der Waals surface area contributed by atoms with Crippen molar-refractivity contribution in [2.75, 3.05) is 0 Å². The molecule has 0 spiro atoms. The number of rotatable bonds is 1. The Labute approximate surface area is 65.9 Å². The van der Waals surface area contributed by atoms with Crippen molar-refractivity contribution in [3.8, 4) is 0 Å². The molecule has 0 heterocycles. The molecular weight excluding hydrogens is 168 g/mol. The van der Waals surface area contributed by atoms with Gasteiger partial charge in [-0.2, -0.15) is 4.99 Å². The van der Waals surface area contributed by atoms with Crippen LogP contribution in [0.2, 0.25) is 0 Å². The highest BCUT2D eigenvalue weighted by Crippen LogP contribution is 2.14. The first-order chi connectivity index (χ1) is 5.29. The number of hydrogen-bond donors (Lipinski definition) is 0. The van der Waals surface area contributed by atoms with Gasteiger partial charge in [0.05, 0.1) is 10.8 Å². The fourth-order valence-electron chi connectivity index (χ4n) is 0.590. The highest BCUT2D eigenvalue weighted by Gasteiger charge is 1.82. The number of halogens is 2. The smallest absolute Gasteiger partial charge is 0.195 e. The first-order valence-corrected chi connectivity index (χ1v) is 3.90. The van der Waals surface area contributed by atoms with E-state index in [1.165, 1.54) is 0 Å². The van der Waals surface area contributed by atoms with E-state index in [0.29, 0.717) is 5.69 Å². The van der Waals surface area contributed by atoms with Crippen molar-refractivity contribution >= 4 is 22.1 Å². The maximum atomic E-state index is 11.5. The SMILES string of the molecule is FS(F)=C=Nc1ccccc1. The van der Waals surface area contributed by atoms with Crippen LogP contribution in [0.25, 0.3) is 0 Å². The predicted octanol–water partition coefficient (Wildman–Crippen LogP) is 3.26. The molecule has 0 amide bonds. The largest absolute Gasteiger partial charge is 0.232 e. The maximum Gasteiger partial charge on any atom is 0.232 e. The number of benzene rings is 1. The standard InChI is InChI=1S/C7H5F2NS/c8-11(9)6-10-7-4-2-1-3-5-7/h1-5H. The van der Waals surface area contributed by atoms with Gasteiger partial charge in [-0.15, -0.1) is 7.77 Å². The third-order valence-electron chi connectivity index (χ3n) is 1.000. The normalized spacial score (nSPS) is 9.36. The Morgan fingerprint density at radius 3 is 2.36 bits per heavy atom. The molecule has 0 aliphatic heterocycles. The lowest BCUT2D eigenvalue weighted by Gasteiger charge is -1.84. The Kier molecular flexibility index (Phi) is 2.95. The highest BCUT2D eigenvalue weighted by atomic mass is 32.2. The van der Waals surface area contributed by atoms with Crippen LogP contribution < -0.4 is 0 Å². The summed E-state index contributed by atoms with van der Waals surface area (Å²) in [4.78, 5) is 3.42. The van der Waals surface area contributed by atoms with Gasteiger partial charge in [0.15, 0.2) is 0 Å². The average Bonchev–Trinajstić information content (AvgIpc) is 2.03. The quantitative estimate of drug-likeness (QED) is 0.456. The molecule has 0 aromatic heterocycles. The fraction of sp³-hybridized carbons (Fsp3) is 0. The van der Waals surface area contributed by atoms with Gasteiger partial charge in [-0.3, -0.25) is 0 Å². The van der Waals surface area contributed by atoms with E-state index in [4.69, 9.17) is 0 Å². The molecule has 1 nitrogen and oxygen atoms in total. The summed E-state index contributed by atoms with van der Waals surface area (Å²) in [6.45, 7) is 0. The Morgan fingerprint density at radius 1 is 1.18 bits per heavy atom. The summed E-state index contributed by atoms with van der Waals surface area (Å²) >= 11 is -2.83. The first-order valence-electron chi connectivity index (χ1n) is 2.87. The molecular formula is C7H5F2NS. The Bertz CT molecular complexity index is 287. The zero-order valence-electron chi connectivity index (χ0n) is 5.50. The van der Waals surface area contributed by atoms with Crippen LogP contribution in [0.3, 0.4) is 0 Å². The summed E-state index contributed by atoms with van der Waals surface area (Å²) in [5.41, 5.74) is 0.500. The average molecular weight is 173 g/mol. The number of nitrogens with zero attached hydrogens (tertiary/aromatic N) is 1. The number of hydrogen-bond acceptors (Lipinski definition) is 1. The van der Waals surface area contributed by atoms with Gasteiger partial charge in [-0.25, -0.2) is 0 Å². The molecule has 1 aromatic rings. The van der Waals surface area contributed by atoms with Crippen molar-refractivity contribution in [3.05, 3.63) is 30.3 Å². The Hall–Kier alpha value is -0.990. The lowest BCUT2D eigenvalue weighted by molar-refractivity contribution is 0.808. The molecule has 4 heteroatoms. The molecule has 0 saturated heterocycles. The van der Waals surface area contributed by atoms with Gasteiger partial charge in [0.25, 0.3) is 0 Å². The molecule has 1 rings (SSSR count). The molecule has 0 aliphatic carbocycles. The summed E-state index contributed by atoms with van der Waals surface area (Å²) in [6, 6.07) is 8.54. The topological polar surface area (TPSA) is 12.4 Å². The summed E-state index contributed by atoms with van der Waals surface area (Å²) in [5, 5.41) is 1.68. The molecule has 11 heavy (non-hydrogen) atoms. The monoisotopic (exact) mass is 173 g/mol. The van der Waals surface area contributed by atoms with Gasteiger partial charge in [0, 0.05) is 0 Å². The molecule has 0 radical (unpaired) electrons. The fourth-order valence-corrected chi connectivity index (χ4v) is 0.764. The lowest BCUT2D eigenvalue weighted by atomic mass is 10.3. The second-order valence-electron chi connectivity index (χ2n) is 1.75. The first kappa shape index (κ1) is 8.11. The number of isothiocyanates is 1. The van der Waals surface area contributed by atoms with Crippen molar-refractivity contribution < 1.29 is 7.77 Å². The van der Waals surface area contributed by atoms with Crippen LogP contribution in [0.5, 0.6) is 0 Å². The van der Waals surface area contributed by atoms with Crippen molar-refractivity contribution in [2.24, 2.45) is 4.99 Å². The minimum absolute atomic E-state index is 0.500. The van der Waals surface area contributed by atoms with E-state index in [-0.39, 0.29) is 0 Å². The van der Waals surface area contributed by atoms with Gasteiger partial charge in [-0.1, -0.05) is 18.2 Å². The van der Waals surface area contributed by atoms with Crippen molar-refractivity contribution in [1.29, 1.82) is 0 Å². The molecule has 0 N–H and O–H groups in total. The van der Waals surface area contributed by atoms with Crippen LogP contribution in [-0.2, 0) is 0 Å². The zero-order valence-corrected chi connectivity index (χ0v) is 6.31. The van der Waals surface area contributed by atoms with E-state index >= 15 is 0 Å². The Morgan fingerprint density at radius 2 is 1.82 bits per heavy atom. The summed E-state index contributed by atoms with van der Waals surface area (Å²) in [6.07, 6.45) is 0. The summed E-state index contributed by atoms with van der Waals surface area (Å²) < 4.78 is 23.1. The third kappa shape index (κ3) is 3.07. The minimum atomic E-state index is -2.83. The second kappa shape index (κ2) is 4.01. The van der Waals surface area contributed by atoms with Crippen LogP contribution in [0, 0.1) is 0 Å². The molecule has 0 bridgehead atoms. The summed E-state index contributed by atoms with van der Waals surface area (Å²) in [5.74, 6) is 0. The molecule has 0 unspecified atom stereocenters. The van der Waals surface area contributed by atoms with Crippen molar-refractivity contribution in [1.82, 2.24) is 0 Å². The summed E-state index contributed by atoms with van der Waals surface area (Å²) in [7, 11) is 0. The van der Waals surface area contributed by atoms with E-state index in [2.05, 4.69) is 4.99 Å². The molecule has 0 fully saturated rings. The van der Waals surface area contributed by atoms with E-state index in [1.54, 1.807) is 35.5 Å². The van der Waals surface area contributed by atoms with Crippen LogP contribution in [0.15, 0.2) is 35.3 Å². The maximum absolute atomic E-state index is 11.5. The van der Waals surface area contributed by atoms with Crippen molar-refractivity contribution in [3.63, 3.8) is 0 Å². The van der Waals surface area contributed by atoms with Crippen LogP contribution in [0.4, 0.5) is 13.5 Å². The van der Waals surface area contributed by atoms with Crippen LogP contribution >= 0.6 is 11.3 Å². The third-order valence-corrected chi connectivity index (χ3v) is 1.23. The molecule has 0 aliphatic rings. The molecule has 0 saturated carbocycles. The van der Waals surface area contributed by atoms with E-state index in [0.717, 1.165) is 0 Å². The van der Waals surface area contributed by atoms with E-state index in [1.807, 2.05) is 0 Å². The zero-order chi connectivity index (χ0) is 8.10. The van der Waals surface area contributed by atoms with Gasteiger partial charge in [-0.05, 0) is 12.1 Å². The van der Waals surface area contributed by atoms with Crippen LogP contribution in [0.1, 0.15) is 0 Å². The van der Waals surface area contributed by atoms with Gasteiger partial charge < -0.3 is 0 Å². The number of aliphatic imine (C=N–C) groups is 1. The molecule has 58 valence electrons. The van der Waals surface area contributed by atoms with Gasteiger partial charge in [0.1, 0.15) is 0 Å². The predicted molar refractivity (Wildman–Crippen MR) is 43.3 cm³/mol. The Balaban J connectivity index is 2.89. The molecule has 0 atom stereocenters. The lowest BCUT2D eigenvalue weighted by Crippen LogP contribution is -1.59. The second-order valence-corrected chi connectivity index (χ2v) is 2.36. The number of para-hydroxylation sites is 1. The van der Waals surface area contributed by atoms with E-state index in [9.17, 15) is 7.77 Å². The minimum Gasteiger partial charge on any atom is -0.195 e. The highest BCUT2D eigenvalue weighted by molar-refractivity contribution is 8.05. The van der Waals surface area contributed by atoms with Gasteiger partial charge >= 0.3 is 0 Å². The van der Waals surface area contributed by atoms with E-state index < -0.39 is 11.3 Å². The van der Waals surface area contributed by atoms with Gasteiger partial charge in [0.2, 0.25) is 11.3 Å².